The summed E-state index contributed by atoms with van der Waals surface area (Å²) in [4.78, 5) is 23.9. The van der Waals surface area contributed by atoms with E-state index in [2.05, 4.69) is 10.1 Å². The summed E-state index contributed by atoms with van der Waals surface area (Å²) in [5, 5.41) is 11.8. The van der Waals surface area contributed by atoms with Crippen LogP contribution in [0.2, 0.25) is 0 Å². The molecule has 0 spiro atoms. The van der Waals surface area contributed by atoms with E-state index in [0.29, 0.717) is 17.1 Å². The summed E-state index contributed by atoms with van der Waals surface area (Å²) in [5.74, 6) is -1.09. The van der Waals surface area contributed by atoms with Crippen molar-refractivity contribution in [2.45, 2.75) is 32.7 Å². The number of halogens is 3. The van der Waals surface area contributed by atoms with Gasteiger partial charge in [-0.05, 0) is 61.9 Å². The van der Waals surface area contributed by atoms with E-state index in [1.165, 1.54) is 24.3 Å². The SMILES string of the molecule is CC=C(C)Oc1ccc(C(=O)NC(Cc2ccc(OC(F)(F)F)cc2)C(=O)O)cc1. The Morgan fingerprint density at radius 3 is 2.13 bits per heavy atom. The van der Waals surface area contributed by atoms with Crippen LogP contribution in [0.4, 0.5) is 13.2 Å². The van der Waals surface area contributed by atoms with Gasteiger partial charge < -0.3 is 19.9 Å². The van der Waals surface area contributed by atoms with Gasteiger partial charge in [-0.25, -0.2) is 4.79 Å². The summed E-state index contributed by atoms with van der Waals surface area (Å²) < 4.78 is 45.9. The Morgan fingerprint density at radius 1 is 1.07 bits per heavy atom. The molecule has 160 valence electrons. The molecule has 0 aliphatic rings. The minimum atomic E-state index is -4.81. The largest absolute Gasteiger partial charge is 0.573 e. The van der Waals surface area contributed by atoms with Crippen molar-refractivity contribution in [1.82, 2.24) is 5.32 Å². The molecule has 2 N–H and O–H groups in total. The molecule has 1 amide bonds. The van der Waals surface area contributed by atoms with Crippen molar-refractivity contribution in [2.24, 2.45) is 0 Å². The second-order valence-corrected chi connectivity index (χ2v) is 6.29. The fourth-order valence-electron chi connectivity index (χ4n) is 2.42. The van der Waals surface area contributed by atoms with Gasteiger partial charge in [0, 0.05) is 12.0 Å². The van der Waals surface area contributed by atoms with Gasteiger partial charge in [0.1, 0.15) is 17.5 Å². The number of allylic oxidation sites excluding steroid dienone is 2. The summed E-state index contributed by atoms with van der Waals surface area (Å²) >= 11 is 0. The lowest BCUT2D eigenvalue weighted by Gasteiger charge is -2.15. The van der Waals surface area contributed by atoms with Crippen LogP contribution in [0.5, 0.6) is 11.5 Å². The molecule has 0 saturated carbocycles. The summed E-state index contributed by atoms with van der Waals surface area (Å²) in [6.07, 6.45) is -3.15. The molecule has 0 aliphatic heterocycles. The number of hydrogen-bond donors (Lipinski definition) is 2. The fraction of sp³-hybridized carbons (Fsp3) is 0.238. The first-order valence-electron chi connectivity index (χ1n) is 8.86. The van der Waals surface area contributed by atoms with Crippen LogP contribution in [-0.2, 0) is 11.2 Å². The molecule has 9 heteroatoms. The van der Waals surface area contributed by atoms with Crippen molar-refractivity contribution < 1.29 is 37.3 Å². The van der Waals surface area contributed by atoms with E-state index in [1.54, 1.807) is 25.1 Å². The maximum atomic E-state index is 12.4. The Kier molecular flexibility index (Phi) is 7.46. The number of carbonyl (C=O) groups is 2. The number of rotatable bonds is 8. The average Bonchev–Trinajstić information content (AvgIpc) is 2.68. The lowest BCUT2D eigenvalue weighted by Crippen LogP contribution is -2.42. The normalized spacial score (nSPS) is 12.8. The van der Waals surface area contributed by atoms with E-state index in [9.17, 15) is 27.9 Å². The highest BCUT2D eigenvalue weighted by atomic mass is 19.4. The smallest absolute Gasteiger partial charge is 0.480 e. The topological polar surface area (TPSA) is 84.9 Å². The van der Waals surface area contributed by atoms with Crippen LogP contribution in [0.1, 0.15) is 29.8 Å². The number of amides is 1. The van der Waals surface area contributed by atoms with Gasteiger partial charge in [-0.3, -0.25) is 4.79 Å². The minimum Gasteiger partial charge on any atom is -0.480 e. The Morgan fingerprint density at radius 2 is 1.63 bits per heavy atom. The highest BCUT2D eigenvalue weighted by Crippen LogP contribution is 2.23. The molecule has 2 aromatic rings. The van der Waals surface area contributed by atoms with Crippen LogP contribution in [0.25, 0.3) is 0 Å². The lowest BCUT2D eigenvalue weighted by atomic mass is 10.1. The predicted octanol–water partition coefficient (Wildman–Crippen LogP) is 4.31. The molecule has 2 rings (SSSR count). The average molecular weight is 423 g/mol. The molecule has 1 unspecified atom stereocenters. The van der Waals surface area contributed by atoms with Crippen LogP contribution in [0.3, 0.4) is 0 Å². The molecule has 0 aliphatic carbocycles. The minimum absolute atomic E-state index is 0.116. The van der Waals surface area contributed by atoms with Crippen LogP contribution in [0, 0.1) is 0 Å². The van der Waals surface area contributed by atoms with Gasteiger partial charge in [-0.1, -0.05) is 12.1 Å². The third-order valence-electron chi connectivity index (χ3n) is 4.00. The molecule has 0 fully saturated rings. The molecule has 1 atom stereocenters. The number of carbonyl (C=O) groups excluding carboxylic acids is 1. The zero-order chi connectivity index (χ0) is 22.3. The maximum absolute atomic E-state index is 12.4. The number of carboxylic acids is 1. The zero-order valence-corrected chi connectivity index (χ0v) is 16.2. The van der Waals surface area contributed by atoms with Crippen LogP contribution >= 0.6 is 0 Å². The van der Waals surface area contributed by atoms with E-state index >= 15 is 0 Å². The van der Waals surface area contributed by atoms with E-state index in [0.717, 1.165) is 12.1 Å². The van der Waals surface area contributed by atoms with Gasteiger partial charge in [0.05, 0.1) is 5.76 Å². The standard InChI is InChI=1S/C21H20F3NO5/c1-3-13(2)29-16-10-6-15(7-11-16)19(26)25-18(20(27)28)12-14-4-8-17(9-5-14)30-21(22,23)24/h3-11,18H,12H2,1-2H3,(H,25,26)(H,27,28). The number of benzene rings is 2. The number of alkyl halides is 3. The van der Waals surface area contributed by atoms with Gasteiger partial charge >= 0.3 is 12.3 Å². The molecule has 0 heterocycles. The molecule has 30 heavy (non-hydrogen) atoms. The van der Waals surface area contributed by atoms with E-state index in [1.807, 2.05) is 6.92 Å². The molecule has 2 aromatic carbocycles. The summed E-state index contributed by atoms with van der Waals surface area (Å²) in [6, 6.07) is 9.65. The van der Waals surface area contributed by atoms with Crippen molar-refractivity contribution in [2.75, 3.05) is 0 Å². The number of ether oxygens (including phenoxy) is 2. The molecule has 0 aromatic heterocycles. The highest BCUT2D eigenvalue weighted by Gasteiger charge is 2.31. The van der Waals surface area contributed by atoms with Gasteiger partial charge in [0.2, 0.25) is 0 Å². The van der Waals surface area contributed by atoms with Crippen molar-refractivity contribution in [1.29, 1.82) is 0 Å². The number of carboxylic acid groups (broad SMARTS) is 1. The monoisotopic (exact) mass is 423 g/mol. The molecule has 0 saturated heterocycles. The third-order valence-corrected chi connectivity index (χ3v) is 4.00. The summed E-state index contributed by atoms with van der Waals surface area (Å²) in [5.41, 5.74) is 0.656. The van der Waals surface area contributed by atoms with E-state index in [4.69, 9.17) is 4.74 Å². The molecule has 0 radical (unpaired) electrons. The maximum Gasteiger partial charge on any atom is 0.573 e. The van der Waals surface area contributed by atoms with E-state index in [-0.39, 0.29) is 12.0 Å². The molecular weight excluding hydrogens is 403 g/mol. The first kappa shape index (κ1) is 22.8. The van der Waals surface area contributed by atoms with E-state index < -0.39 is 30.0 Å². The van der Waals surface area contributed by atoms with Crippen LogP contribution in [0.15, 0.2) is 60.4 Å². The van der Waals surface area contributed by atoms with Gasteiger partial charge in [-0.2, -0.15) is 0 Å². The van der Waals surface area contributed by atoms with Crippen molar-refractivity contribution in [3.8, 4) is 11.5 Å². The Labute approximate surface area is 170 Å². The summed E-state index contributed by atoms with van der Waals surface area (Å²) in [6.45, 7) is 3.60. The second kappa shape index (κ2) is 9.82. The van der Waals surface area contributed by atoms with Crippen LogP contribution < -0.4 is 14.8 Å². The van der Waals surface area contributed by atoms with Crippen molar-refractivity contribution in [3.05, 3.63) is 71.5 Å². The quantitative estimate of drug-likeness (QED) is 0.618. The molecular formula is C21H20F3NO5. The number of aliphatic carboxylic acids is 1. The van der Waals surface area contributed by atoms with Gasteiger partial charge in [-0.15, -0.1) is 13.2 Å². The van der Waals surface area contributed by atoms with Gasteiger partial charge in [0.25, 0.3) is 5.91 Å². The Bertz CT molecular complexity index is 906. The molecule has 0 bridgehead atoms. The Balaban J connectivity index is 2.03. The zero-order valence-electron chi connectivity index (χ0n) is 16.2. The van der Waals surface area contributed by atoms with Crippen molar-refractivity contribution in [3.63, 3.8) is 0 Å². The number of hydrogen-bond acceptors (Lipinski definition) is 4. The highest BCUT2D eigenvalue weighted by molar-refractivity contribution is 5.96. The predicted molar refractivity (Wildman–Crippen MR) is 102 cm³/mol. The first-order valence-corrected chi connectivity index (χ1v) is 8.86. The lowest BCUT2D eigenvalue weighted by molar-refractivity contribution is -0.274. The Hall–Kier alpha value is -3.49. The number of nitrogens with one attached hydrogen (secondary N) is 1. The third kappa shape index (κ3) is 7.16. The fourth-order valence-corrected chi connectivity index (χ4v) is 2.42. The van der Waals surface area contributed by atoms with Crippen LogP contribution in [-0.4, -0.2) is 29.4 Å². The molecule has 6 nitrogen and oxygen atoms in total. The summed E-state index contributed by atoms with van der Waals surface area (Å²) in [7, 11) is 0. The van der Waals surface area contributed by atoms with Crippen molar-refractivity contribution >= 4 is 11.9 Å². The second-order valence-electron chi connectivity index (χ2n) is 6.29. The van der Waals surface area contributed by atoms with Gasteiger partial charge in [0.15, 0.2) is 0 Å². The first-order chi connectivity index (χ1) is 14.1.